The van der Waals surface area contributed by atoms with E-state index in [9.17, 15) is 27.2 Å². The maximum atomic E-state index is 11.6. The topological polar surface area (TPSA) is 74.6 Å². The second kappa shape index (κ2) is 5.53. The fourth-order valence-corrected chi connectivity index (χ4v) is 1.55. The van der Waals surface area contributed by atoms with Crippen LogP contribution in [0, 0.1) is 23.7 Å². The molecule has 0 amide bonds. The molecule has 0 aliphatic heterocycles. The molecule has 2 saturated carbocycles. The molecular formula is C10H12F4O4. The molecule has 0 heterocycles. The van der Waals surface area contributed by atoms with Gasteiger partial charge in [0.05, 0.1) is 11.8 Å². The van der Waals surface area contributed by atoms with Crippen LogP contribution in [-0.2, 0) is 9.59 Å². The molecule has 0 aromatic heterocycles. The molecule has 104 valence electrons. The van der Waals surface area contributed by atoms with Crippen LogP contribution in [0.25, 0.3) is 0 Å². The van der Waals surface area contributed by atoms with E-state index in [-0.39, 0.29) is 12.8 Å². The maximum Gasteiger partial charge on any atom is 0.307 e. The monoisotopic (exact) mass is 272 g/mol. The Morgan fingerprint density at radius 1 is 0.833 bits per heavy atom. The molecular weight excluding hydrogens is 260 g/mol. The second-order valence-electron chi connectivity index (χ2n) is 4.36. The third-order valence-electron chi connectivity index (χ3n) is 2.96. The van der Waals surface area contributed by atoms with E-state index < -0.39 is 48.5 Å². The summed E-state index contributed by atoms with van der Waals surface area (Å²) in [6.07, 6.45) is -4.61. The highest BCUT2D eigenvalue weighted by molar-refractivity contribution is 5.73. The minimum Gasteiger partial charge on any atom is -0.481 e. The average molecular weight is 272 g/mol. The summed E-state index contributed by atoms with van der Waals surface area (Å²) < 4.78 is 46.3. The van der Waals surface area contributed by atoms with Crippen LogP contribution in [0.3, 0.4) is 0 Å². The maximum absolute atomic E-state index is 11.6. The molecule has 2 N–H and O–H groups in total. The average Bonchev–Trinajstić information content (AvgIpc) is 3.12. The highest BCUT2D eigenvalue weighted by Crippen LogP contribution is 2.43. The number of carboxylic acids is 2. The minimum absolute atomic E-state index is 0.146. The Bertz CT molecular complexity index is 302. The molecule has 2 aliphatic carbocycles. The number of halogens is 4. The first-order chi connectivity index (χ1) is 8.25. The lowest BCUT2D eigenvalue weighted by Gasteiger charge is -1.90. The summed E-state index contributed by atoms with van der Waals surface area (Å²) in [5.74, 6) is -5.49. The number of carboxylic acid groups (broad SMARTS) is 2. The molecule has 0 aromatic carbocycles. The van der Waals surface area contributed by atoms with Gasteiger partial charge in [-0.2, -0.15) is 0 Å². The fourth-order valence-electron chi connectivity index (χ4n) is 1.55. The summed E-state index contributed by atoms with van der Waals surface area (Å²) in [5, 5.41) is 16.3. The summed E-state index contributed by atoms with van der Waals surface area (Å²) >= 11 is 0. The van der Waals surface area contributed by atoms with Crippen LogP contribution in [0.15, 0.2) is 0 Å². The lowest BCUT2D eigenvalue weighted by Crippen LogP contribution is -2.04. The Morgan fingerprint density at radius 3 is 1.17 bits per heavy atom. The van der Waals surface area contributed by atoms with Gasteiger partial charge >= 0.3 is 11.9 Å². The fraction of sp³-hybridized carbons (Fsp3) is 0.800. The van der Waals surface area contributed by atoms with E-state index in [4.69, 9.17) is 10.2 Å². The SMILES string of the molecule is O=C(O)[C@@H]1C[C@H]1C(F)F.O=C(O)[C@H]1C[C@@H]1C(F)F. The van der Waals surface area contributed by atoms with Crippen molar-refractivity contribution < 1.29 is 37.4 Å². The Balaban J connectivity index is 0.000000180. The van der Waals surface area contributed by atoms with Crippen LogP contribution in [-0.4, -0.2) is 35.0 Å². The Hall–Kier alpha value is -1.34. The van der Waals surface area contributed by atoms with Gasteiger partial charge in [-0.1, -0.05) is 0 Å². The van der Waals surface area contributed by atoms with Crippen LogP contribution in [0.4, 0.5) is 17.6 Å². The molecule has 2 rings (SSSR count). The van der Waals surface area contributed by atoms with Gasteiger partial charge in [0.25, 0.3) is 0 Å². The van der Waals surface area contributed by atoms with Crippen molar-refractivity contribution in [3.63, 3.8) is 0 Å². The van der Waals surface area contributed by atoms with E-state index in [0.29, 0.717) is 0 Å². The molecule has 2 fully saturated rings. The molecule has 0 spiro atoms. The van der Waals surface area contributed by atoms with E-state index in [1.807, 2.05) is 0 Å². The van der Waals surface area contributed by atoms with Crippen LogP contribution in [0.5, 0.6) is 0 Å². The number of alkyl halides is 4. The number of carbonyl (C=O) groups is 2. The van der Waals surface area contributed by atoms with Crippen LogP contribution in [0.1, 0.15) is 12.8 Å². The van der Waals surface area contributed by atoms with Crippen molar-refractivity contribution in [2.75, 3.05) is 0 Å². The van der Waals surface area contributed by atoms with Crippen molar-refractivity contribution in [3.05, 3.63) is 0 Å². The van der Waals surface area contributed by atoms with Gasteiger partial charge in [0.1, 0.15) is 0 Å². The molecule has 8 heteroatoms. The number of rotatable bonds is 4. The molecule has 2 aliphatic rings. The van der Waals surface area contributed by atoms with Gasteiger partial charge in [-0.15, -0.1) is 0 Å². The first-order valence-corrected chi connectivity index (χ1v) is 5.27. The summed E-state index contributed by atoms with van der Waals surface area (Å²) in [4.78, 5) is 19.9. The number of aliphatic carboxylic acids is 2. The lowest BCUT2D eigenvalue weighted by atomic mass is 10.3. The highest BCUT2D eigenvalue weighted by Gasteiger charge is 2.49. The number of hydrogen-bond acceptors (Lipinski definition) is 2. The molecule has 0 radical (unpaired) electrons. The van der Waals surface area contributed by atoms with Gasteiger partial charge < -0.3 is 10.2 Å². The molecule has 4 nitrogen and oxygen atoms in total. The first-order valence-electron chi connectivity index (χ1n) is 5.27. The quantitative estimate of drug-likeness (QED) is 0.767. The van der Waals surface area contributed by atoms with Gasteiger partial charge in [-0.05, 0) is 12.8 Å². The predicted octanol–water partition coefficient (Wildman–Crippen LogP) is 1.94. The summed E-state index contributed by atoms with van der Waals surface area (Å²) in [7, 11) is 0. The molecule has 18 heavy (non-hydrogen) atoms. The van der Waals surface area contributed by atoms with Crippen molar-refractivity contribution in [2.24, 2.45) is 23.7 Å². The van der Waals surface area contributed by atoms with Crippen LogP contribution < -0.4 is 0 Å². The van der Waals surface area contributed by atoms with E-state index in [2.05, 4.69) is 0 Å². The zero-order valence-corrected chi connectivity index (χ0v) is 9.10. The van der Waals surface area contributed by atoms with Crippen molar-refractivity contribution in [1.82, 2.24) is 0 Å². The van der Waals surface area contributed by atoms with Crippen LogP contribution in [0.2, 0.25) is 0 Å². The number of hydrogen-bond donors (Lipinski definition) is 2. The standard InChI is InChI=1S/2C5H6F2O2/c2*6-4(7)2-1-3(2)5(8)9/h2*2-4H,1H2,(H,8,9)/t2*2-,3-/m10/s1. The zero-order valence-electron chi connectivity index (χ0n) is 9.10. The summed E-state index contributed by atoms with van der Waals surface area (Å²) in [5.41, 5.74) is 0. The van der Waals surface area contributed by atoms with Crippen molar-refractivity contribution in [2.45, 2.75) is 25.7 Å². The lowest BCUT2D eigenvalue weighted by molar-refractivity contribution is -0.140. The third kappa shape index (κ3) is 3.85. The second-order valence-corrected chi connectivity index (χ2v) is 4.36. The van der Waals surface area contributed by atoms with Gasteiger partial charge in [0.2, 0.25) is 12.9 Å². The molecule has 0 unspecified atom stereocenters. The van der Waals surface area contributed by atoms with Gasteiger partial charge in [-0.25, -0.2) is 17.6 Å². The van der Waals surface area contributed by atoms with Crippen molar-refractivity contribution in [3.8, 4) is 0 Å². The van der Waals surface area contributed by atoms with E-state index in [1.54, 1.807) is 0 Å². The van der Waals surface area contributed by atoms with Crippen LogP contribution >= 0.6 is 0 Å². The zero-order chi connectivity index (χ0) is 14.0. The van der Waals surface area contributed by atoms with Gasteiger partial charge in [0.15, 0.2) is 0 Å². The summed E-state index contributed by atoms with van der Waals surface area (Å²) in [6, 6.07) is 0. The van der Waals surface area contributed by atoms with E-state index >= 15 is 0 Å². The smallest absolute Gasteiger partial charge is 0.307 e. The highest BCUT2D eigenvalue weighted by atomic mass is 19.3. The van der Waals surface area contributed by atoms with Crippen molar-refractivity contribution in [1.29, 1.82) is 0 Å². The van der Waals surface area contributed by atoms with Gasteiger partial charge in [0, 0.05) is 11.8 Å². The normalized spacial score (nSPS) is 32.8. The van der Waals surface area contributed by atoms with E-state index in [0.717, 1.165) is 0 Å². The first kappa shape index (κ1) is 14.7. The Morgan fingerprint density at radius 2 is 1.11 bits per heavy atom. The predicted molar refractivity (Wildman–Crippen MR) is 50.5 cm³/mol. The largest absolute Gasteiger partial charge is 0.481 e. The molecule has 0 aromatic rings. The third-order valence-corrected chi connectivity index (χ3v) is 2.96. The molecule has 0 saturated heterocycles. The summed E-state index contributed by atoms with van der Waals surface area (Å²) in [6.45, 7) is 0. The van der Waals surface area contributed by atoms with Gasteiger partial charge in [-0.3, -0.25) is 9.59 Å². The molecule has 0 bridgehead atoms. The minimum atomic E-state index is -2.45. The Labute approximate surface area is 99.6 Å². The van der Waals surface area contributed by atoms with E-state index in [1.165, 1.54) is 0 Å². The molecule has 4 atom stereocenters. The Kier molecular flexibility index (Phi) is 4.53. The van der Waals surface area contributed by atoms with Crippen molar-refractivity contribution >= 4 is 11.9 Å².